The SMILES string of the molecule is C[C@H]1CCc2nc(NC(=O)Cn3cc(NC(=O)c4ccccn4)cn3)sc2C1. The van der Waals surface area contributed by atoms with Crippen molar-refractivity contribution in [2.45, 2.75) is 32.7 Å². The molecule has 3 aromatic rings. The molecular formula is C19H20N6O2S. The topological polar surface area (TPSA) is 102 Å². The fraction of sp³-hybridized carbons (Fsp3) is 0.316. The number of nitrogens with zero attached hydrogens (tertiary/aromatic N) is 4. The minimum atomic E-state index is -0.327. The van der Waals surface area contributed by atoms with Gasteiger partial charge in [-0.25, -0.2) is 4.98 Å². The maximum atomic E-state index is 12.3. The summed E-state index contributed by atoms with van der Waals surface area (Å²) in [7, 11) is 0. The van der Waals surface area contributed by atoms with Gasteiger partial charge in [0.25, 0.3) is 5.91 Å². The third-order valence-corrected chi connectivity index (χ3v) is 5.56. The molecule has 0 aromatic carbocycles. The van der Waals surface area contributed by atoms with Crippen LogP contribution in [0.4, 0.5) is 10.8 Å². The Morgan fingerprint density at radius 1 is 1.32 bits per heavy atom. The van der Waals surface area contributed by atoms with Crippen LogP contribution in [-0.4, -0.2) is 31.6 Å². The molecule has 28 heavy (non-hydrogen) atoms. The maximum Gasteiger partial charge on any atom is 0.274 e. The number of carbonyl (C=O) groups is 2. The molecule has 0 saturated carbocycles. The van der Waals surface area contributed by atoms with Gasteiger partial charge in [-0.05, 0) is 37.3 Å². The highest BCUT2D eigenvalue weighted by Crippen LogP contribution is 2.32. The van der Waals surface area contributed by atoms with Crippen LogP contribution in [0.25, 0.3) is 0 Å². The summed E-state index contributed by atoms with van der Waals surface area (Å²) in [5.41, 5.74) is 1.93. The van der Waals surface area contributed by atoms with Crippen LogP contribution in [0.15, 0.2) is 36.8 Å². The fourth-order valence-corrected chi connectivity index (χ4v) is 4.29. The van der Waals surface area contributed by atoms with Gasteiger partial charge >= 0.3 is 0 Å². The summed E-state index contributed by atoms with van der Waals surface area (Å²) in [6.07, 6.45) is 7.81. The fourth-order valence-electron chi connectivity index (χ4n) is 3.11. The van der Waals surface area contributed by atoms with E-state index in [2.05, 4.69) is 32.6 Å². The van der Waals surface area contributed by atoms with E-state index in [-0.39, 0.29) is 18.4 Å². The molecule has 0 fully saturated rings. The molecular weight excluding hydrogens is 376 g/mol. The molecule has 0 radical (unpaired) electrons. The Kier molecular flexibility index (Phi) is 5.16. The summed E-state index contributed by atoms with van der Waals surface area (Å²) in [4.78, 5) is 34.2. The van der Waals surface area contributed by atoms with Gasteiger partial charge in [-0.2, -0.15) is 5.10 Å². The predicted molar refractivity (Wildman–Crippen MR) is 106 cm³/mol. The summed E-state index contributed by atoms with van der Waals surface area (Å²) >= 11 is 1.55. The number of thiazole rings is 1. The lowest BCUT2D eigenvalue weighted by molar-refractivity contribution is -0.116. The Morgan fingerprint density at radius 3 is 3.04 bits per heavy atom. The third-order valence-electron chi connectivity index (χ3n) is 4.53. The molecule has 0 aliphatic heterocycles. The normalized spacial score (nSPS) is 15.7. The van der Waals surface area contributed by atoms with Crippen molar-refractivity contribution < 1.29 is 9.59 Å². The van der Waals surface area contributed by atoms with Gasteiger partial charge < -0.3 is 10.6 Å². The standard InChI is InChI=1S/C19H20N6O2S/c1-12-5-6-14-16(8-12)28-19(23-14)24-17(26)11-25-10-13(9-21-25)22-18(27)15-4-2-3-7-20-15/h2-4,7,9-10,12H,5-6,8,11H2,1H3,(H,22,27)(H,23,24,26)/t12-/m0/s1. The second-order valence-corrected chi connectivity index (χ2v) is 7.96. The number of pyridine rings is 1. The van der Waals surface area contributed by atoms with E-state index >= 15 is 0 Å². The van der Waals surface area contributed by atoms with E-state index in [1.807, 2.05) is 0 Å². The number of carbonyl (C=O) groups excluding carboxylic acids is 2. The van der Waals surface area contributed by atoms with Crippen molar-refractivity contribution in [2.75, 3.05) is 10.6 Å². The van der Waals surface area contributed by atoms with Gasteiger partial charge in [-0.1, -0.05) is 13.0 Å². The van der Waals surface area contributed by atoms with Gasteiger partial charge in [0, 0.05) is 17.3 Å². The first kappa shape index (κ1) is 18.3. The van der Waals surface area contributed by atoms with Crippen LogP contribution >= 0.6 is 11.3 Å². The van der Waals surface area contributed by atoms with E-state index in [0.717, 1.165) is 25.0 Å². The van der Waals surface area contributed by atoms with Crippen LogP contribution in [0.3, 0.4) is 0 Å². The molecule has 144 valence electrons. The van der Waals surface area contributed by atoms with E-state index < -0.39 is 0 Å². The van der Waals surface area contributed by atoms with Crippen molar-refractivity contribution in [3.05, 3.63) is 53.1 Å². The van der Waals surface area contributed by atoms with E-state index in [4.69, 9.17) is 0 Å². The second-order valence-electron chi connectivity index (χ2n) is 6.88. The van der Waals surface area contributed by atoms with Crippen LogP contribution < -0.4 is 10.6 Å². The van der Waals surface area contributed by atoms with E-state index in [1.54, 1.807) is 41.9 Å². The second kappa shape index (κ2) is 7.89. The highest BCUT2D eigenvalue weighted by atomic mass is 32.1. The molecule has 3 aromatic heterocycles. The Bertz CT molecular complexity index is 997. The molecule has 0 saturated heterocycles. The van der Waals surface area contributed by atoms with Crippen molar-refractivity contribution in [3.8, 4) is 0 Å². The van der Waals surface area contributed by atoms with E-state index in [9.17, 15) is 9.59 Å². The lowest BCUT2D eigenvalue weighted by Gasteiger charge is -2.15. The number of aryl methyl sites for hydroxylation is 1. The van der Waals surface area contributed by atoms with Crippen molar-refractivity contribution in [1.82, 2.24) is 19.7 Å². The lowest BCUT2D eigenvalue weighted by atomic mass is 9.93. The number of hydrogen-bond donors (Lipinski definition) is 2. The summed E-state index contributed by atoms with van der Waals surface area (Å²) in [5.74, 6) is 0.136. The lowest BCUT2D eigenvalue weighted by Crippen LogP contribution is -2.19. The summed E-state index contributed by atoms with van der Waals surface area (Å²) in [6, 6.07) is 5.11. The number of aromatic nitrogens is 4. The third kappa shape index (κ3) is 4.25. The summed E-state index contributed by atoms with van der Waals surface area (Å²) < 4.78 is 1.47. The van der Waals surface area contributed by atoms with Gasteiger partial charge in [-0.3, -0.25) is 19.3 Å². The van der Waals surface area contributed by atoms with Crippen molar-refractivity contribution >= 4 is 34.0 Å². The van der Waals surface area contributed by atoms with Gasteiger partial charge in [-0.15, -0.1) is 11.3 Å². The first-order chi connectivity index (χ1) is 13.6. The average molecular weight is 396 g/mol. The van der Waals surface area contributed by atoms with E-state index in [0.29, 0.717) is 22.4 Å². The first-order valence-electron chi connectivity index (χ1n) is 9.10. The molecule has 2 N–H and O–H groups in total. The van der Waals surface area contributed by atoms with Crippen LogP contribution in [0, 0.1) is 5.92 Å². The minimum Gasteiger partial charge on any atom is -0.318 e. The largest absolute Gasteiger partial charge is 0.318 e. The molecule has 1 aliphatic rings. The summed E-state index contributed by atoms with van der Waals surface area (Å²) in [6.45, 7) is 2.28. The van der Waals surface area contributed by atoms with Gasteiger partial charge in [0.15, 0.2) is 5.13 Å². The first-order valence-corrected chi connectivity index (χ1v) is 9.92. The maximum absolute atomic E-state index is 12.3. The van der Waals surface area contributed by atoms with Crippen LogP contribution in [0.1, 0.15) is 34.4 Å². The quantitative estimate of drug-likeness (QED) is 0.690. The van der Waals surface area contributed by atoms with Crippen molar-refractivity contribution in [2.24, 2.45) is 5.92 Å². The minimum absolute atomic E-state index is 0.0418. The molecule has 8 nitrogen and oxygen atoms in total. The highest BCUT2D eigenvalue weighted by Gasteiger charge is 2.20. The number of rotatable bonds is 5. The molecule has 3 heterocycles. The molecule has 0 unspecified atom stereocenters. The highest BCUT2D eigenvalue weighted by molar-refractivity contribution is 7.15. The van der Waals surface area contributed by atoms with E-state index in [1.165, 1.54) is 15.8 Å². The predicted octanol–water partition coefficient (Wildman–Crippen LogP) is 2.75. The summed E-state index contributed by atoms with van der Waals surface area (Å²) in [5, 5.41) is 10.3. The van der Waals surface area contributed by atoms with Gasteiger partial charge in [0.05, 0.1) is 17.6 Å². The van der Waals surface area contributed by atoms with Crippen molar-refractivity contribution in [3.63, 3.8) is 0 Å². The Hall–Kier alpha value is -3.07. The molecule has 9 heteroatoms. The smallest absolute Gasteiger partial charge is 0.274 e. The Labute approximate surface area is 166 Å². The number of amides is 2. The van der Waals surface area contributed by atoms with Gasteiger partial charge in [0.2, 0.25) is 5.91 Å². The van der Waals surface area contributed by atoms with Crippen LogP contribution in [-0.2, 0) is 24.2 Å². The molecule has 0 bridgehead atoms. The zero-order valence-electron chi connectivity index (χ0n) is 15.4. The number of hydrogen-bond acceptors (Lipinski definition) is 6. The number of anilines is 2. The molecule has 2 amide bonds. The molecule has 0 spiro atoms. The van der Waals surface area contributed by atoms with Crippen LogP contribution in [0.2, 0.25) is 0 Å². The molecule has 1 aliphatic carbocycles. The number of fused-ring (bicyclic) bond motifs is 1. The van der Waals surface area contributed by atoms with Crippen molar-refractivity contribution in [1.29, 1.82) is 0 Å². The average Bonchev–Trinajstić information content (AvgIpc) is 3.28. The zero-order chi connectivity index (χ0) is 19.5. The monoisotopic (exact) mass is 396 g/mol. The Morgan fingerprint density at radius 2 is 2.21 bits per heavy atom. The van der Waals surface area contributed by atoms with Crippen LogP contribution in [0.5, 0.6) is 0 Å². The van der Waals surface area contributed by atoms with Gasteiger partial charge in [0.1, 0.15) is 12.2 Å². The zero-order valence-corrected chi connectivity index (χ0v) is 16.2. The molecule has 4 rings (SSSR count). The molecule has 1 atom stereocenters. The Balaban J connectivity index is 1.34. The number of nitrogens with one attached hydrogen (secondary N) is 2.